The number of alkyl halides is 1. The first-order chi connectivity index (χ1) is 9.20. The minimum Gasteiger partial charge on any atom is -0.493 e. The lowest BCUT2D eigenvalue weighted by Gasteiger charge is -2.15. The van der Waals surface area contributed by atoms with Crippen molar-refractivity contribution in [1.82, 2.24) is 0 Å². The highest BCUT2D eigenvalue weighted by atomic mass is 79.9. The van der Waals surface area contributed by atoms with Crippen molar-refractivity contribution in [1.29, 1.82) is 0 Å². The molecule has 0 bridgehead atoms. The molecule has 0 aliphatic heterocycles. The highest BCUT2D eigenvalue weighted by Crippen LogP contribution is 2.36. The fourth-order valence-corrected chi connectivity index (χ4v) is 3.60. The van der Waals surface area contributed by atoms with Crippen LogP contribution in [0, 0.1) is 5.92 Å². The van der Waals surface area contributed by atoms with Crippen molar-refractivity contribution in [2.45, 2.75) is 50.8 Å². The molecule has 1 saturated carbocycles. The van der Waals surface area contributed by atoms with Gasteiger partial charge in [0.2, 0.25) is 0 Å². The van der Waals surface area contributed by atoms with Crippen LogP contribution in [0.2, 0.25) is 0 Å². The fourth-order valence-electron chi connectivity index (χ4n) is 2.83. The molecule has 1 fully saturated rings. The molecule has 1 atom stereocenters. The number of benzene rings is 1. The van der Waals surface area contributed by atoms with Gasteiger partial charge in [-0.1, -0.05) is 31.7 Å². The van der Waals surface area contributed by atoms with Crippen LogP contribution in [0.4, 0.5) is 0 Å². The number of hydrogen-bond acceptors (Lipinski definition) is 1. The van der Waals surface area contributed by atoms with E-state index in [9.17, 15) is 0 Å². The molecule has 0 aromatic heterocycles. The molecule has 1 aliphatic carbocycles. The van der Waals surface area contributed by atoms with E-state index in [-0.39, 0.29) is 5.38 Å². The normalized spacial score (nSPS) is 17.6. The van der Waals surface area contributed by atoms with Gasteiger partial charge in [-0.2, -0.15) is 0 Å². The molecule has 0 spiro atoms. The number of ether oxygens (including phenoxy) is 1. The van der Waals surface area contributed by atoms with Crippen molar-refractivity contribution < 1.29 is 4.74 Å². The lowest BCUT2D eigenvalue weighted by Crippen LogP contribution is -1.98. The minimum absolute atomic E-state index is 0.118. The summed E-state index contributed by atoms with van der Waals surface area (Å²) in [6.07, 6.45) is 7.96. The summed E-state index contributed by atoms with van der Waals surface area (Å²) in [7, 11) is 0. The molecular weight excluding hydrogens is 324 g/mol. The second-order valence-corrected chi connectivity index (χ2v) is 6.70. The molecule has 3 heteroatoms. The van der Waals surface area contributed by atoms with Crippen LogP contribution in [0.25, 0.3) is 0 Å². The van der Waals surface area contributed by atoms with Crippen molar-refractivity contribution >= 4 is 27.5 Å². The third kappa shape index (κ3) is 4.39. The third-order valence-electron chi connectivity index (χ3n) is 3.92. The van der Waals surface area contributed by atoms with Gasteiger partial charge in [0.1, 0.15) is 5.75 Å². The molecule has 1 aliphatic rings. The van der Waals surface area contributed by atoms with Gasteiger partial charge in [0.15, 0.2) is 0 Å². The van der Waals surface area contributed by atoms with E-state index in [0.29, 0.717) is 6.61 Å². The molecule has 1 aromatic carbocycles. The predicted molar refractivity (Wildman–Crippen MR) is 85.1 cm³/mol. The average Bonchev–Trinajstić information content (AvgIpc) is 2.91. The van der Waals surface area contributed by atoms with Gasteiger partial charge in [-0.3, -0.25) is 0 Å². The largest absolute Gasteiger partial charge is 0.493 e. The van der Waals surface area contributed by atoms with E-state index >= 15 is 0 Å². The van der Waals surface area contributed by atoms with Gasteiger partial charge in [-0.15, -0.1) is 11.6 Å². The third-order valence-corrected chi connectivity index (χ3v) is 5.01. The van der Waals surface area contributed by atoms with Crippen molar-refractivity contribution in [2.24, 2.45) is 5.92 Å². The van der Waals surface area contributed by atoms with E-state index in [4.69, 9.17) is 16.3 Å². The van der Waals surface area contributed by atoms with E-state index in [1.165, 1.54) is 37.7 Å². The van der Waals surface area contributed by atoms with Gasteiger partial charge >= 0.3 is 0 Å². The van der Waals surface area contributed by atoms with E-state index in [1.807, 2.05) is 13.0 Å². The Morgan fingerprint density at radius 1 is 1.37 bits per heavy atom. The molecule has 19 heavy (non-hydrogen) atoms. The maximum Gasteiger partial charge on any atom is 0.133 e. The molecule has 0 saturated heterocycles. The standard InChI is InChI=1S/C16H22BrClO/c1-2-19-16-10-8-13(11-14(16)17)15(18)9-7-12-5-3-4-6-12/h8,10-12,15H,2-7,9H2,1H3. The van der Waals surface area contributed by atoms with Crippen LogP contribution in [-0.4, -0.2) is 6.61 Å². The smallest absolute Gasteiger partial charge is 0.133 e. The first-order valence-corrected chi connectivity index (χ1v) is 8.50. The number of halogens is 2. The van der Waals surface area contributed by atoms with Crippen molar-refractivity contribution in [3.8, 4) is 5.75 Å². The Morgan fingerprint density at radius 2 is 2.11 bits per heavy atom. The zero-order chi connectivity index (χ0) is 13.7. The Kier molecular flexibility index (Phi) is 6.03. The summed E-state index contributed by atoms with van der Waals surface area (Å²) in [6, 6.07) is 6.19. The van der Waals surface area contributed by atoms with Gasteiger partial charge < -0.3 is 4.74 Å². The van der Waals surface area contributed by atoms with Gasteiger partial charge in [0.25, 0.3) is 0 Å². The summed E-state index contributed by atoms with van der Waals surface area (Å²) in [4.78, 5) is 0. The quantitative estimate of drug-likeness (QED) is 0.566. The van der Waals surface area contributed by atoms with E-state index in [1.54, 1.807) is 0 Å². The first kappa shape index (κ1) is 15.2. The summed E-state index contributed by atoms with van der Waals surface area (Å²) < 4.78 is 6.52. The molecule has 0 heterocycles. The highest BCUT2D eigenvalue weighted by molar-refractivity contribution is 9.10. The monoisotopic (exact) mass is 344 g/mol. The lowest BCUT2D eigenvalue weighted by molar-refractivity contribution is 0.338. The van der Waals surface area contributed by atoms with Gasteiger partial charge in [0, 0.05) is 0 Å². The van der Waals surface area contributed by atoms with Crippen molar-refractivity contribution in [3.05, 3.63) is 28.2 Å². The number of rotatable bonds is 6. The van der Waals surface area contributed by atoms with Crippen molar-refractivity contribution in [3.63, 3.8) is 0 Å². The summed E-state index contributed by atoms with van der Waals surface area (Å²) >= 11 is 10.1. The van der Waals surface area contributed by atoms with Crippen LogP contribution in [0.15, 0.2) is 22.7 Å². The SMILES string of the molecule is CCOc1ccc(C(Cl)CCC2CCCC2)cc1Br. The topological polar surface area (TPSA) is 9.23 Å². The van der Waals surface area contributed by atoms with Crippen LogP contribution in [0.5, 0.6) is 5.75 Å². The van der Waals surface area contributed by atoms with E-state index in [2.05, 4.69) is 28.1 Å². The Hall–Kier alpha value is -0.210. The summed E-state index contributed by atoms with van der Waals surface area (Å²) in [5.41, 5.74) is 1.19. The van der Waals surface area contributed by atoms with Crippen molar-refractivity contribution in [2.75, 3.05) is 6.61 Å². The molecule has 0 amide bonds. The summed E-state index contributed by atoms with van der Waals surface area (Å²) in [6.45, 7) is 2.68. The van der Waals surface area contributed by atoms with E-state index < -0.39 is 0 Å². The summed E-state index contributed by atoms with van der Waals surface area (Å²) in [5.74, 6) is 1.80. The van der Waals surface area contributed by atoms with Crippen LogP contribution in [0.3, 0.4) is 0 Å². The van der Waals surface area contributed by atoms with Crippen LogP contribution < -0.4 is 4.74 Å². The molecule has 1 nitrogen and oxygen atoms in total. The second-order valence-electron chi connectivity index (χ2n) is 5.32. The predicted octanol–water partition coefficient (Wildman–Crippen LogP) is 6.10. The molecular formula is C16H22BrClO. The van der Waals surface area contributed by atoms with Crippen LogP contribution in [0.1, 0.15) is 56.4 Å². The molecule has 0 radical (unpaired) electrons. The Balaban J connectivity index is 1.90. The lowest BCUT2D eigenvalue weighted by atomic mass is 9.98. The van der Waals surface area contributed by atoms with Gasteiger partial charge in [0.05, 0.1) is 16.5 Å². The van der Waals surface area contributed by atoms with Crippen LogP contribution >= 0.6 is 27.5 Å². The molecule has 0 N–H and O–H groups in total. The first-order valence-electron chi connectivity index (χ1n) is 7.27. The zero-order valence-electron chi connectivity index (χ0n) is 11.5. The Morgan fingerprint density at radius 3 is 2.74 bits per heavy atom. The van der Waals surface area contributed by atoms with Gasteiger partial charge in [-0.05, 0) is 59.3 Å². The molecule has 106 valence electrons. The highest BCUT2D eigenvalue weighted by Gasteiger charge is 2.17. The maximum atomic E-state index is 6.52. The fraction of sp³-hybridized carbons (Fsp3) is 0.625. The molecule has 2 rings (SSSR count). The summed E-state index contributed by atoms with van der Waals surface area (Å²) in [5, 5.41) is 0.118. The van der Waals surface area contributed by atoms with Crippen LogP contribution in [-0.2, 0) is 0 Å². The maximum absolute atomic E-state index is 6.52. The Labute approximate surface area is 129 Å². The molecule has 1 aromatic rings. The average molecular weight is 346 g/mol. The Bertz CT molecular complexity index is 402. The molecule has 1 unspecified atom stereocenters. The van der Waals surface area contributed by atoms with Gasteiger partial charge in [-0.25, -0.2) is 0 Å². The minimum atomic E-state index is 0.118. The zero-order valence-corrected chi connectivity index (χ0v) is 13.8. The second kappa shape index (κ2) is 7.54. The number of hydrogen-bond donors (Lipinski definition) is 0. The van der Waals surface area contributed by atoms with E-state index in [0.717, 1.165) is 22.6 Å².